The Hall–Kier alpha value is -1.51. The highest BCUT2D eigenvalue weighted by molar-refractivity contribution is 5.80. The highest BCUT2D eigenvalue weighted by atomic mass is 16.2. The van der Waals surface area contributed by atoms with Crippen molar-refractivity contribution in [1.29, 1.82) is 0 Å². The van der Waals surface area contributed by atoms with Crippen LogP contribution in [0.25, 0.3) is 0 Å². The Morgan fingerprint density at radius 2 is 1.80 bits per heavy atom. The fourth-order valence-corrected chi connectivity index (χ4v) is 2.84. The first-order chi connectivity index (χ1) is 9.47. The van der Waals surface area contributed by atoms with Crippen molar-refractivity contribution in [1.82, 2.24) is 4.90 Å². The highest BCUT2D eigenvalue weighted by Gasteiger charge is 2.30. The van der Waals surface area contributed by atoms with Gasteiger partial charge in [0.25, 0.3) is 0 Å². The van der Waals surface area contributed by atoms with E-state index in [-0.39, 0.29) is 5.91 Å². The van der Waals surface area contributed by atoms with E-state index in [1.807, 2.05) is 35.2 Å². The molecule has 0 saturated carbocycles. The molecule has 20 heavy (non-hydrogen) atoms. The van der Waals surface area contributed by atoms with Gasteiger partial charge in [0.05, 0.1) is 6.54 Å². The van der Waals surface area contributed by atoms with Crippen molar-refractivity contribution < 1.29 is 4.79 Å². The molecule has 0 unspecified atom stereocenters. The third-order valence-corrected chi connectivity index (χ3v) is 4.29. The Balaban J connectivity index is 1.78. The van der Waals surface area contributed by atoms with E-state index in [4.69, 9.17) is 0 Å². The zero-order valence-electron chi connectivity index (χ0n) is 12.9. The minimum atomic E-state index is 0.209. The van der Waals surface area contributed by atoms with Gasteiger partial charge in [-0.05, 0) is 36.3 Å². The van der Waals surface area contributed by atoms with Crippen molar-refractivity contribution in [2.24, 2.45) is 11.3 Å². The number of rotatable bonds is 3. The zero-order chi connectivity index (χ0) is 14.6. The average molecular weight is 274 g/mol. The summed E-state index contributed by atoms with van der Waals surface area (Å²) in [6.07, 6.45) is 2.25. The van der Waals surface area contributed by atoms with E-state index in [0.717, 1.165) is 37.5 Å². The summed E-state index contributed by atoms with van der Waals surface area (Å²) in [5.74, 6) is 0.940. The van der Waals surface area contributed by atoms with Gasteiger partial charge in [0.1, 0.15) is 0 Å². The summed E-state index contributed by atoms with van der Waals surface area (Å²) in [4.78, 5) is 14.2. The van der Waals surface area contributed by atoms with Crippen LogP contribution in [0.4, 0.5) is 5.69 Å². The van der Waals surface area contributed by atoms with Crippen LogP contribution in [0, 0.1) is 11.3 Å². The lowest BCUT2D eigenvalue weighted by molar-refractivity contribution is -0.131. The number of carbonyl (C=O) groups is 1. The van der Waals surface area contributed by atoms with Gasteiger partial charge in [-0.15, -0.1) is 0 Å². The molecule has 1 fully saturated rings. The molecule has 1 aromatic carbocycles. The SMILES string of the molecule is CC(C)(C)C1CCN(C(=O)CNc2ccccc2)CC1. The fourth-order valence-electron chi connectivity index (χ4n) is 2.84. The predicted molar refractivity (Wildman–Crippen MR) is 83.7 cm³/mol. The molecule has 1 aromatic rings. The van der Waals surface area contributed by atoms with Crippen molar-refractivity contribution in [3.05, 3.63) is 30.3 Å². The molecule has 1 aliphatic rings. The number of benzene rings is 1. The topological polar surface area (TPSA) is 32.3 Å². The molecule has 1 N–H and O–H groups in total. The molecule has 2 rings (SSSR count). The second-order valence-electron chi connectivity index (χ2n) is 6.74. The number of nitrogens with one attached hydrogen (secondary N) is 1. The Bertz CT molecular complexity index is 428. The first-order valence-corrected chi connectivity index (χ1v) is 7.53. The van der Waals surface area contributed by atoms with Gasteiger partial charge in [-0.3, -0.25) is 4.79 Å². The quantitative estimate of drug-likeness (QED) is 0.916. The number of nitrogens with zero attached hydrogens (tertiary/aromatic N) is 1. The number of piperidine rings is 1. The number of anilines is 1. The van der Waals surface area contributed by atoms with Crippen LogP contribution in [-0.4, -0.2) is 30.4 Å². The Labute approximate surface area is 122 Å². The van der Waals surface area contributed by atoms with Crippen molar-refractivity contribution in [2.75, 3.05) is 25.0 Å². The molecule has 110 valence electrons. The van der Waals surface area contributed by atoms with Crippen LogP contribution in [-0.2, 0) is 4.79 Å². The molecule has 0 aromatic heterocycles. The second kappa shape index (κ2) is 6.29. The molecule has 1 saturated heterocycles. The van der Waals surface area contributed by atoms with E-state index >= 15 is 0 Å². The standard InChI is InChI=1S/C17H26N2O/c1-17(2,3)14-9-11-19(12-10-14)16(20)13-18-15-7-5-4-6-8-15/h4-8,14,18H,9-13H2,1-3H3. The maximum absolute atomic E-state index is 12.2. The fraction of sp³-hybridized carbons (Fsp3) is 0.588. The summed E-state index contributed by atoms with van der Waals surface area (Å²) >= 11 is 0. The monoisotopic (exact) mass is 274 g/mol. The molecule has 0 spiro atoms. The third-order valence-electron chi connectivity index (χ3n) is 4.29. The van der Waals surface area contributed by atoms with Gasteiger partial charge in [-0.2, -0.15) is 0 Å². The summed E-state index contributed by atoms with van der Waals surface area (Å²) < 4.78 is 0. The Morgan fingerprint density at radius 1 is 1.20 bits per heavy atom. The lowest BCUT2D eigenvalue weighted by Crippen LogP contribution is -2.43. The molecule has 0 radical (unpaired) electrons. The maximum atomic E-state index is 12.2. The minimum absolute atomic E-state index is 0.209. The van der Waals surface area contributed by atoms with Gasteiger partial charge in [-0.1, -0.05) is 39.0 Å². The Morgan fingerprint density at radius 3 is 2.35 bits per heavy atom. The summed E-state index contributed by atoms with van der Waals surface area (Å²) in [7, 11) is 0. The largest absolute Gasteiger partial charge is 0.376 e. The molecule has 0 aliphatic carbocycles. The van der Waals surface area contributed by atoms with Crippen molar-refractivity contribution in [2.45, 2.75) is 33.6 Å². The third kappa shape index (κ3) is 3.99. The predicted octanol–water partition coefficient (Wildman–Crippen LogP) is 3.38. The molecule has 0 bridgehead atoms. The van der Waals surface area contributed by atoms with Gasteiger partial charge in [0, 0.05) is 18.8 Å². The molecular formula is C17H26N2O. The molecule has 1 amide bonds. The second-order valence-corrected chi connectivity index (χ2v) is 6.74. The van der Waals surface area contributed by atoms with Crippen LogP contribution in [0.2, 0.25) is 0 Å². The summed E-state index contributed by atoms with van der Waals surface area (Å²) in [6, 6.07) is 9.89. The van der Waals surface area contributed by atoms with Crippen LogP contribution in [0.15, 0.2) is 30.3 Å². The van der Waals surface area contributed by atoms with E-state index in [0.29, 0.717) is 12.0 Å². The van der Waals surface area contributed by atoms with Gasteiger partial charge >= 0.3 is 0 Å². The molecule has 0 atom stereocenters. The maximum Gasteiger partial charge on any atom is 0.241 e. The van der Waals surface area contributed by atoms with Crippen molar-refractivity contribution in [3.63, 3.8) is 0 Å². The highest BCUT2D eigenvalue weighted by Crippen LogP contribution is 2.34. The van der Waals surface area contributed by atoms with Crippen LogP contribution < -0.4 is 5.32 Å². The van der Waals surface area contributed by atoms with Crippen LogP contribution in [0.5, 0.6) is 0 Å². The van der Waals surface area contributed by atoms with Gasteiger partial charge in [0.15, 0.2) is 0 Å². The van der Waals surface area contributed by atoms with E-state index in [2.05, 4.69) is 26.1 Å². The number of carbonyl (C=O) groups excluding carboxylic acids is 1. The van der Waals surface area contributed by atoms with Crippen molar-refractivity contribution >= 4 is 11.6 Å². The van der Waals surface area contributed by atoms with E-state index in [9.17, 15) is 4.79 Å². The van der Waals surface area contributed by atoms with Crippen LogP contribution in [0.3, 0.4) is 0 Å². The smallest absolute Gasteiger partial charge is 0.241 e. The number of hydrogen-bond acceptors (Lipinski definition) is 2. The molecule has 3 heteroatoms. The van der Waals surface area contributed by atoms with Gasteiger partial charge < -0.3 is 10.2 Å². The van der Waals surface area contributed by atoms with Crippen LogP contribution in [0.1, 0.15) is 33.6 Å². The zero-order valence-corrected chi connectivity index (χ0v) is 12.9. The number of hydrogen-bond donors (Lipinski definition) is 1. The first kappa shape index (κ1) is 14.9. The molecule has 1 heterocycles. The van der Waals surface area contributed by atoms with E-state index < -0.39 is 0 Å². The lowest BCUT2D eigenvalue weighted by Gasteiger charge is -2.38. The minimum Gasteiger partial charge on any atom is -0.376 e. The van der Waals surface area contributed by atoms with Gasteiger partial charge in [-0.25, -0.2) is 0 Å². The molecular weight excluding hydrogens is 248 g/mol. The molecule has 3 nitrogen and oxygen atoms in total. The summed E-state index contributed by atoms with van der Waals surface area (Å²) in [5.41, 5.74) is 1.36. The number of amides is 1. The average Bonchev–Trinajstić information content (AvgIpc) is 2.45. The van der Waals surface area contributed by atoms with Crippen molar-refractivity contribution in [3.8, 4) is 0 Å². The van der Waals surface area contributed by atoms with E-state index in [1.165, 1.54) is 0 Å². The first-order valence-electron chi connectivity index (χ1n) is 7.53. The Kier molecular flexibility index (Phi) is 4.69. The lowest BCUT2D eigenvalue weighted by atomic mass is 9.75. The molecule has 1 aliphatic heterocycles. The van der Waals surface area contributed by atoms with Gasteiger partial charge in [0.2, 0.25) is 5.91 Å². The number of para-hydroxylation sites is 1. The summed E-state index contributed by atoms with van der Waals surface area (Å²) in [6.45, 7) is 9.09. The normalized spacial score (nSPS) is 17.1. The van der Waals surface area contributed by atoms with Crippen LogP contribution >= 0.6 is 0 Å². The summed E-state index contributed by atoms with van der Waals surface area (Å²) in [5, 5.41) is 3.19. The van der Waals surface area contributed by atoms with E-state index in [1.54, 1.807) is 0 Å². The number of likely N-dealkylation sites (tertiary alicyclic amines) is 1.